The highest BCUT2D eigenvalue weighted by Gasteiger charge is 2.37. The maximum absolute atomic E-state index is 10.7. The van der Waals surface area contributed by atoms with Crippen LogP contribution in [0.4, 0.5) is 0 Å². The highest BCUT2D eigenvalue weighted by atomic mass is 32.1. The van der Waals surface area contributed by atoms with Gasteiger partial charge in [0.2, 0.25) is 10.8 Å². The third-order valence-electron chi connectivity index (χ3n) is 4.90. The first kappa shape index (κ1) is 15.6. The van der Waals surface area contributed by atoms with E-state index in [2.05, 4.69) is 17.0 Å². The number of thiazole rings is 1. The number of likely N-dealkylation sites (N-methyl/N-ethyl adjacent to an activating group) is 1. The van der Waals surface area contributed by atoms with Gasteiger partial charge in [-0.3, -0.25) is 0 Å². The monoisotopic (exact) mass is 349 g/mol. The summed E-state index contributed by atoms with van der Waals surface area (Å²) in [7, 11) is 0. The summed E-state index contributed by atoms with van der Waals surface area (Å²) in [5, 5.41) is 15.0. The largest absolute Gasteiger partial charge is 0.492 e. The molecule has 24 heavy (non-hydrogen) atoms. The molecule has 1 aliphatic heterocycles. The van der Waals surface area contributed by atoms with E-state index in [-0.39, 0.29) is 11.9 Å². The number of aromatic hydroxyl groups is 1. The first-order valence-electron chi connectivity index (χ1n) is 8.44. The molecule has 0 aromatic carbocycles. The van der Waals surface area contributed by atoms with Crippen molar-refractivity contribution in [3.63, 3.8) is 0 Å². The average Bonchev–Trinajstić information content (AvgIpc) is 3.29. The third kappa shape index (κ3) is 2.60. The molecule has 0 unspecified atom stereocenters. The molecule has 1 aliphatic rings. The molecule has 0 saturated carbocycles. The Morgan fingerprint density at radius 2 is 2.17 bits per heavy atom. The van der Waals surface area contributed by atoms with Crippen LogP contribution in [0.5, 0.6) is 5.88 Å². The van der Waals surface area contributed by atoms with E-state index in [1.165, 1.54) is 27.3 Å². The SMILES string of the molecule is CC[NH+]1CC[NH+]([C@H](c2ccco2)c2sc3nc(C)nn3c2O)CC1. The Bertz CT molecular complexity index is 817. The number of nitrogens with zero attached hydrogens (tertiary/aromatic N) is 3. The van der Waals surface area contributed by atoms with Crippen LogP contribution < -0.4 is 9.80 Å². The van der Waals surface area contributed by atoms with Crippen molar-refractivity contribution in [3.05, 3.63) is 34.9 Å². The van der Waals surface area contributed by atoms with Crippen LogP contribution in [0.15, 0.2) is 22.8 Å². The standard InChI is InChI=1S/C16H21N5O2S/c1-3-19-6-8-20(9-7-19)13(12-5-4-10-23-12)14-15(22)21-16(24-14)17-11(2)18-21/h4-5,10,13,22H,3,6-9H2,1-2H3/p+2/t13-/m1/s1. The summed E-state index contributed by atoms with van der Waals surface area (Å²) in [5.41, 5.74) is 0. The summed E-state index contributed by atoms with van der Waals surface area (Å²) < 4.78 is 7.27. The Morgan fingerprint density at radius 1 is 1.38 bits per heavy atom. The van der Waals surface area contributed by atoms with Crippen LogP contribution in [0.1, 0.15) is 29.4 Å². The lowest BCUT2D eigenvalue weighted by Crippen LogP contribution is -3.28. The van der Waals surface area contributed by atoms with Crippen LogP contribution in [0, 0.1) is 6.92 Å². The fourth-order valence-corrected chi connectivity index (χ4v) is 4.74. The first-order chi connectivity index (χ1) is 11.7. The molecule has 8 heteroatoms. The van der Waals surface area contributed by atoms with Crippen LogP contribution in [0.2, 0.25) is 0 Å². The summed E-state index contributed by atoms with van der Waals surface area (Å²) in [6, 6.07) is 3.90. The highest BCUT2D eigenvalue weighted by molar-refractivity contribution is 7.17. The van der Waals surface area contributed by atoms with Crippen molar-refractivity contribution in [1.82, 2.24) is 14.6 Å². The van der Waals surface area contributed by atoms with E-state index in [0.717, 1.165) is 41.8 Å². The van der Waals surface area contributed by atoms with Crippen molar-refractivity contribution in [2.24, 2.45) is 0 Å². The molecule has 3 aromatic heterocycles. The molecule has 0 bridgehead atoms. The minimum absolute atomic E-state index is 0.00721. The zero-order valence-electron chi connectivity index (χ0n) is 14.0. The van der Waals surface area contributed by atoms with Crippen LogP contribution in [0.3, 0.4) is 0 Å². The number of hydrogen-bond acceptors (Lipinski definition) is 5. The number of rotatable bonds is 4. The summed E-state index contributed by atoms with van der Waals surface area (Å²) in [5.74, 6) is 1.75. The van der Waals surface area contributed by atoms with Gasteiger partial charge in [-0.05, 0) is 26.0 Å². The van der Waals surface area contributed by atoms with Gasteiger partial charge in [0.1, 0.15) is 36.9 Å². The van der Waals surface area contributed by atoms with Crippen LogP contribution in [-0.2, 0) is 0 Å². The van der Waals surface area contributed by atoms with Gasteiger partial charge in [-0.1, -0.05) is 11.3 Å². The van der Waals surface area contributed by atoms with Gasteiger partial charge in [0, 0.05) is 0 Å². The Hall–Kier alpha value is -1.90. The maximum Gasteiger partial charge on any atom is 0.235 e. The molecular formula is C16H23N5O2S+2. The van der Waals surface area contributed by atoms with Gasteiger partial charge in [-0.15, -0.1) is 5.10 Å². The molecule has 4 rings (SSSR count). The predicted octanol–water partition coefficient (Wildman–Crippen LogP) is -0.709. The molecule has 1 fully saturated rings. The molecule has 1 atom stereocenters. The molecular weight excluding hydrogens is 326 g/mol. The third-order valence-corrected chi connectivity index (χ3v) is 5.99. The molecule has 4 heterocycles. The van der Waals surface area contributed by atoms with Crippen molar-refractivity contribution in [2.45, 2.75) is 19.9 Å². The number of aromatic nitrogens is 3. The minimum atomic E-state index is -0.00721. The highest BCUT2D eigenvalue weighted by Crippen LogP contribution is 2.35. The number of furan rings is 1. The molecule has 0 radical (unpaired) electrons. The second kappa shape index (κ2) is 6.19. The summed E-state index contributed by atoms with van der Waals surface area (Å²) in [6.07, 6.45) is 1.70. The Morgan fingerprint density at radius 3 is 2.79 bits per heavy atom. The molecule has 128 valence electrons. The van der Waals surface area contributed by atoms with E-state index < -0.39 is 0 Å². The lowest BCUT2D eigenvalue weighted by molar-refractivity contribution is -1.02. The summed E-state index contributed by atoms with van der Waals surface area (Å²) in [6.45, 7) is 9.63. The number of piperazine rings is 1. The van der Waals surface area contributed by atoms with Gasteiger partial charge in [-0.25, -0.2) is 4.98 Å². The van der Waals surface area contributed by atoms with E-state index in [1.54, 1.807) is 11.2 Å². The molecule has 0 aliphatic carbocycles. The molecule has 0 amide bonds. The lowest BCUT2D eigenvalue weighted by atomic mass is 10.1. The van der Waals surface area contributed by atoms with Crippen molar-refractivity contribution >= 4 is 16.3 Å². The maximum atomic E-state index is 10.7. The van der Waals surface area contributed by atoms with Crippen molar-refractivity contribution in [1.29, 1.82) is 0 Å². The van der Waals surface area contributed by atoms with E-state index >= 15 is 0 Å². The van der Waals surface area contributed by atoms with Crippen LogP contribution in [0.25, 0.3) is 4.96 Å². The smallest absolute Gasteiger partial charge is 0.235 e. The van der Waals surface area contributed by atoms with Gasteiger partial charge in [0.15, 0.2) is 11.8 Å². The zero-order chi connectivity index (χ0) is 16.7. The number of hydrogen-bond donors (Lipinski definition) is 3. The predicted molar refractivity (Wildman–Crippen MR) is 89.8 cm³/mol. The van der Waals surface area contributed by atoms with E-state index in [9.17, 15) is 5.11 Å². The fourth-order valence-electron chi connectivity index (χ4n) is 3.57. The number of aryl methyl sites for hydroxylation is 1. The van der Waals surface area contributed by atoms with Crippen molar-refractivity contribution in [2.75, 3.05) is 32.7 Å². The average molecular weight is 349 g/mol. The van der Waals surface area contributed by atoms with Crippen molar-refractivity contribution in [3.8, 4) is 5.88 Å². The minimum Gasteiger partial charge on any atom is -0.492 e. The number of fused-ring (bicyclic) bond motifs is 1. The first-order valence-corrected chi connectivity index (χ1v) is 9.25. The normalized spacial score (nSPS) is 22.9. The molecule has 1 saturated heterocycles. The Kier molecular flexibility index (Phi) is 4.03. The summed E-state index contributed by atoms with van der Waals surface area (Å²) in [4.78, 5) is 9.08. The van der Waals surface area contributed by atoms with Gasteiger partial charge in [0.25, 0.3) is 0 Å². The Balaban J connectivity index is 1.72. The van der Waals surface area contributed by atoms with Gasteiger partial charge in [0.05, 0.1) is 12.8 Å². The Labute approximate surface area is 144 Å². The fraction of sp³-hybridized carbons (Fsp3) is 0.500. The topological polar surface area (TPSA) is 72.4 Å². The second-order valence-corrected chi connectivity index (χ2v) is 7.36. The molecule has 0 spiro atoms. The zero-order valence-corrected chi connectivity index (χ0v) is 14.8. The van der Waals surface area contributed by atoms with Crippen molar-refractivity contribution < 1.29 is 19.3 Å². The lowest BCUT2D eigenvalue weighted by Gasteiger charge is -2.32. The van der Waals surface area contributed by atoms with E-state index in [1.807, 2.05) is 19.1 Å². The van der Waals surface area contributed by atoms with E-state index in [0.29, 0.717) is 5.82 Å². The van der Waals surface area contributed by atoms with Gasteiger partial charge < -0.3 is 19.3 Å². The quantitative estimate of drug-likeness (QED) is 0.582. The van der Waals surface area contributed by atoms with Crippen LogP contribution in [-0.4, -0.2) is 52.4 Å². The number of quaternary nitrogens is 2. The second-order valence-electron chi connectivity index (χ2n) is 6.35. The molecule has 7 nitrogen and oxygen atoms in total. The van der Waals surface area contributed by atoms with Gasteiger partial charge in [-0.2, -0.15) is 4.52 Å². The van der Waals surface area contributed by atoms with E-state index in [4.69, 9.17) is 4.42 Å². The summed E-state index contributed by atoms with van der Waals surface area (Å²) >= 11 is 1.50. The van der Waals surface area contributed by atoms with Crippen LogP contribution >= 0.6 is 11.3 Å². The van der Waals surface area contributed by atoms with Gasteiger partial charge >= 0.3 is 0 Å². The molecule has 3 aromatic rings. The molecule has 3 N–H and O–H groups in total. The number of nitrogens with one attached hydrogen (secondary N) is 2.